The average molecular weight is 385 g/mol. The minimum absolute atomic E-state index is 0.0512. The van der Waals surface area contributed by atoms with Gasteiger partial charge in [0.05, 0.1) is 19.3 Å². The summed E-state index contributed by atoms with van der Waals surface area (Å²) in [5.74, 6) is 0.655. The van der Waals surface area contributed by atoms with E-state index in [1.54, 1.807) is 19.2 Å². The second kappa shape index (κ2) is 11.1. The Morgan fingerprint density at radius 3 is 2.32 bits per heavy atom. The zero-order chi connectivity index (χ0) is 20.4. The molecule has 2 aromatic carbocycles. The van der Waals surface area contributed by atoms with Crippen molar-refractivity contribution in [3.63, 3.8) is 0 Å². The monoisotopic (exact) mass is 384 g/mol. The molecular formula is C22H30N3O3+. The van der Waals surface area contributed by atoms with E-state index in [9.17, 15) is 9.59 Å². The van der Waals surface area contributed by atoms with Crippen LogP contribution in [0.5, 0.6) is 5.75 Å². The van der Waals surface area contributed by atoms with E-state index in [2.05, 4.69) is 29.7 Å². The van der Waals surface area contributed by atoms with E-state index < -0.39 is 0 Å². The number of hydrogen-bond acceptors (Lipinski definition) is 3. The SMILES string of the molecule is CC[NH+](CC(=O)NC[C@@H](C)c1ccccc1)CC(=O)Nc1ccccc1OC. The molecule has 0 saturated carbocycles. The molecule has 2 rings (SSSR count). The highest BCUT2D eigenvalue weighted by Crippen LogP contribution is 2.22. The van der Waals surface area contributed by atoms with Crippen LogP contribution >= 0.6 is 0 Å². The lowest BCUT2D eigenvalue weighted by atomic mass is 10.0. The van der Waals surface area contributed by atoms with Crippen LogP contribution in [-0.2, 0) is 9.59 Å². The predicted octanol–water partition coefficient (Wildman–Crippen LogP) is 1.46. The molecule has 2 atom stereocenters. The number of benzene rings is 2. The number of likely N-dealkylation sites (N-methyl/N-ethyl adjacent to an activating group) is 1. The molecule has 1 unspecified atom stereocenters. The summed E-state index contributed by atoms with van der Waals surface area (Å²) < 4.78 is 5.25. The highest BCUT2D eigenvalue weighted by Gasteiger charge is 2.18. The zero-order valence-electron chi connectivity index (χ0n) is 16.8. The van der Waals surface area contributed by atoms with Crippen LogP contribution in [-0.4, -0.2) is 45.1 Å². The third-order valence-corrected chi connectivity index (χ3v) is 4.68. The Balaban J connectivity index is 1.80. The number of carbonyl (C=O) groups excluding carboxylic acids is 2. The number of carbonyl (C=O) groups is 2. The van der Waals surface area contributed by atoms with E-state index in [1.807, 2.05) is 37.3 Å². The fourth-order valence-electron chi connectivity index (χ4n) is 2.94. The molecule has 0 heterocycles. The van der Waals surface area contributed by atoms with E-state index in [0.29, 0.717) is 24.5 Å². The van der Waals surface area contributed by atoms with Crippen molar-refractivity contribution in [1.29, 1.82) is 0 Å². The summed E-state index contributed by atoms with van der Waals surface area (Å²) in [6.45, 7) is 5.79. The van der Waals surface area contributed by atoms with Crippen molar-refractivity contribution in [3.8, 4) is 5.75 Å². The van der Waals surface area contributed by atoms with Crippen LogP contribution in [0, 0.1) is 0 Å². The molecule has 0 aliphatic heterocycles. The molecule has 0 aliphatic carbocycles. The molecule has 3 N–H and O–H groups in total. The summed E-state index contributed by atoms with van der Waals surface area (Å²) in [5.41, 5.74) is 1.82. The lowest BCUT2D eigenvalue weighted by molar-refractivity contribution is -0.881. The van der Waals surface area contributed by atoms with Gasteiger partial charge >= 0.3 is 0 Å². The highest BCUT2D eigenvalue weighted by atomic mass is 16.5. The molecular weight excluding hydrogens is 354 g/mol. The van der Waals surface area contributed by atoms with Crippen molar-refractivity contribution >= 4 is 17.5 Å². The maximum atomic E-state index is 12.4. The Kier molecular flexibility index (Phi) is 8.49. The largest absolute Gasteiger partial charge is 0.495 e. The molecule has 0 radical (unpaired) electrons. The molecule has 0 saturated heterocycles. The molecule has 0 fully saturated rings. The topological polar surface area (TPSA) is 71.9 Å². The standard InChI is InChI=1S/C22H29N3O3/c1-4-25(16-22(27)24-19-12-8-9-13-20(19)28-3)15-21(26)23-14-17(2)18-10-6-5-7-11-18/h5-13,17H,4,14-16H2,1-3H3,(H,23,26)(H,24,27)/p+1/t17-/m1/s1. The Labute approximate surface area is 166 Å². The third kappa shape index (κ3) is 6.70. The maximum absolute atomic E-state index is 12.4. The summed E-state index contributed by atoms with van der Waals surface area (Å²) in [6.07, 6.45) is 0. The summed E-state index contributed by atoms with van der Waals surface area (Å²) in [4.78, 5) is 25.6. The van der Waals surface area contributed by atoms with Crippen molar-refractivity contribution < 1.29 is 19.2 Å². The normalized spacial score (nSPS) is 12.7. The quantitative estimate of drug-likeness (QED) is 0.581. The number of nitrogens with one attached hydrogen (secondary N) is 3. The fraction of sp³-hybridized carbons (Fsp3) is 0.364. The molecule has 0 spiro atoms. The van der Waals surface area contributed by atoms with Gasteiger partial charge in [-0.1, -0.05) is 49.4 Å². The minimum Gasteiger partial charge on any atom is -0.495 e. The van der Waals surface area contributed by atoms with Gasteiger partial charge in [-0.15, -0.1) is 0 Å². The highest BCUT2D eigenvalue weighted by molar-refractivity contribution is 5.93. The van der Waals surface area contributed by atoms with Gasteiger partial charge in [0, 0.05) is 6.54 Å². The van der Waals surface area contributed by atoms with Gasteiger partial charge in [0.2, 0.25) is 0 Å². The first-order chi connectivity index (χ1) is 13.5. The number of methoxy groups -OCH3 is 1. The Morgan fingerprint density at radius 1 is 1.00 bits per heavy atom. The van der Waals surface area contributed by atoms with Gasteiger partial charge in [0.1, 0.15) is 5.75 Å². The van der Waals surface area contributed by atoms with Gasteiger partial charge in [-0.25, -0.2) is 0 Å². The van der Waals surface area contributed by atoms with Crippen LogP contribution in [0.2, 0.25) is 0 Å². The van der Waals surface area contributed by atoms with Crippen LogP contribution in [0.3, 0.4) is 0 Å². The molecule has 0 bridgehead atoms. The Morgan fingerprint density at radius 2 is 1.64 bits per heavy atom. The molecule has 6 heteroatoms. The van der Waals surface area contributed by atoms with Crippen molar-refractivity contribution in [2.45, 2.75) is 19.8 Å². The zero-order valence-corrected chi connectivity index (χ0v) is 16.8. The molecule has 2 aromatic rings. The van der Waals surface area contributed by atoms with E-state index in [0.717, 1.165) is 4.90 Å². The fourth-order valence-corrected chi connectivity index (χ4v) is 2.94. The number of rotatable bonds is 10. The first-order valence-corrected chi connectivity index (χ1v) is 9.61. The summed E-state index contributed by atoms with van der Waals surface area (Å²) in [5, 5.41) is 5.83. The minimum atomic E-state index is -0.146. The van der Waals surface area contributed by atoms with Crippen molar-refractivity contribution in [3.05, 3.63) is 60.2 Å². The van der Waals surface area contributed by atoms with Gasteiger partial charge in [0.15, 0.2) is 13.1 Å². The second-order valence-corrected chi connectivity index (χ2v) is 6.82. The van der Waals surface area contributed by atoms with Crippen LogP contribution < -0.4 is 20.3 Å². The van der Waals surface area contributed by atoms with E-state index in [-0.39, 0.29) is 30.8 Å². The van der Waals surface area contributed by atoms with E-state index >= 15 is 0 Å². The first-order valence-electron chi connectivity index (χ1n) is 9.61. The maximum Gasteiger partial charge on any atom is 0.279 e. The smallest absolute Gasteiger partial charge is 0.279 e. The summed E-state index contributed by atoms with van der Waals surface area (Å²) in [7, 11) is 1.56. The van der Waals surface area contributed by atoms with Crippen molar-refractivity contribution in [1.82, 2.24) is 5.32 Å². The molecule has 6 nitrogen and oxygen atoms in total. The Hall–Kier alpha value is -2.86. The number of hydrogen-bond donors (Lipinski definition) is 3. The van der Waals surface area contributed by atoms with Gasteiger partial charge in [-0.2, -0.15) is 0 Å². The van der Waals surface area contributed by atoms with Crippen LogP contribution in [0.1, 0.15) is 25.3 Å². The van der Waals surface area contributed by atoms with E-state index in [4.69, 9.17) is 4.74 Å². The summed E-state index contributed by atoms with van der Waals surface area (Å²) in [6, 6.07) is 17.4. The lowest BCUT2D eigenvalue weighted by Crippen LogP contribution is -3.14. The van der Waals surface area contributed by atoms with Gasteiger partial charge in [0.25, 0.3) is 11.8 Å². The average Bonchev–Trinajstić information content (AvgIpc) is 2.72. The second-order valence-electron chi connectivity index (χ2n) is 6.82. The van der Waals surface area contributed by atoms with Gasteiger partial charge in [-0.3, -0.25) is 9.59 Å². The number of anilines is 1. The van der Waals surface area contributed by atoms with Crippen LogP contribution in [0.4, 0.5) is 5.69 Å². The van der Waals surface area contributed by atoms with Gasteiger partial charge < -0.3 is 20.3 Å². The summed E-state index contributed by atoms with van der Waals surface area (Å²) >= 11 is 0. The number of amides is 2. The molecule has 0 aromatic heterocycles. The molecule has 150 valence electrons. The lowest BCUT2D eigenvalue weighted by Gasteiger charge is -2.18. The third-order valence-electron chi connectivity index (χ3n) is 4.68. The van der Waals surface area contributed by atoms with Crippen LogP contribution in [0.25, 0.3) is 0 Å². The number of ether oxygens (including phenoxy) is 1. The Bertz CT molecular complexity index is 765. The first kappa shape index (κ1) is 21.4. The van der Waals surface area contributed by atoms with E-state index in [1.165, 1.54) is 5.56 Å². The molecule has 0 aliphatic rings. The van der Waals surface area contributed by atoms with Crippen LogP contribution in [0.15, 0.2) is 54.6 Å². The number of quaternary nitrogens is 1. The predicted molar refractivity (Wildman–Crippen MR) is 111 cm³/mol. The van der Waals surface area contributed by atoms with Crippen molar-refractivity contribution in [2.75, 3.05) is 38.6 Å². The van der Waals surface area contributed by atoms with Crippen molar-refractivity contribution in [2.24, 2.45) is 0 Å². The number of para-hydroxylation sites is 2. The van der Waals surface area contributed by atoms with Gasteiger partial charge in [-0.05, 0) is 30.5 Å². The molecule has 2 amide bonds. The molecule has 28 heavy (non-hydrogen) atoms.